The molecule has 1 aromatic heterocycles. The van der Waals surface area contributed by atoms with Gasteiger partial charge in [0.1, 0.15) is 12.9 Å². The number of aromatic nitrogens is 3. The molecule has 0 aliphatic carbocycles. The molecule has 1 heterocycles. The Morgan fingerprint density at radius 2 is 2.14 bits per heavy atom. The van der Waals surface area contributed by atoms with Crippen molar-refractivity contribution in [2.45, 2.75) is 19.5 Å². The number of carbonyl (C=O) groups excluding carboxylic acids is 1. The Kier molecular flexibility index (Phi) is 4.15. The number of rotatable bonds is 4. The molecule has 1 unspecified atom stereocenters. The second-order valence-corrected chi connectivity index (χ2v) is 4.65. The average molecular weight is 295 g/mol. The molecule has 0 bridgehead atoms. The van der Waals surface area contributed by atoms with Gasteiger partial charge in [-0.05, 0) is 24.6 Å². The number of likely N-dealkylation sites (N-methyl/N-ethyl adjacent to an activating group) is 1. The molecule has 0 spiro atoms. The van der Waals surface area contributed by atoms with Crippen LogP contribution < -0.4 is 5.73 Å². The minimum Gasteiger partial charge on any atom is -0.367 e. The lowest BCUT2D eigenvalue weighted by atomic mass is 10.1. The van der Waals surface area contributed by atoms with Crippen molar-refractivity contribution in [2.24, 2.45) is 0 Å². The van der Waals surface area contributed by atoms with Crippen molar-refractivity contribution in [3.8, 4) is 0 Å². The summed E-state index contributed by atoms with van der Waals surface area (Å²) in [6.07, 6.45) is 1.35. The van der Waals surface area contributed by atoms with Gasteiger partial charge in [-0.1, -0.05) is 6.07 Å². The molecule has 0 aliphatic rings. The van der Waals surface area contributed by atoms with Gasteiger partial charge in [-0.2, -0.15) is 0 Å². The Balaban J connectivity index is 2.08. The summed E-state index contributed by atoms with van der Waals surface area (Å²) < 4.78 is 27.5. The number of amides is 1. The summed E-state index contributed by atoms with van der Waals surface area (Å²) in [6.45, 7) is 1.69. The van der Waals surface area contributed by atoms with E-state index in [-0.39, 0.29) is 18.4 Å². The Morgan fingerprint density at radius 1 is 1.43 bits per heavy atom. The van der Waals surface area contributed by atoms with Crippen LogP contribution in [0.4, 0.5) is 14.7 Å². The number of anilines is 1. The fraction of sp³-hybridized carbons (Fsp3) is 0.308. The highest BCUT2D eigenvalue weighted by Crippen LogP contribution is 2.21. The largest absolute Gasteiger partial charge is 0.367 e. The van der Waals surface area contributed by atoms with Crippen LogP contribution in [0.1, 0.15) is 18.5 Å². The Hall–Kier alpha value is -2.51. The maximum atomic E-state index is 13.2. The zero-order valence-corrected chi connectivity index (χ0v) is 11.6. The predicted octanol–water partition coefficient (Wildman–Crippen LogP) is 1.36. The first-order valence-electron chi connectivity index (χ1n) is 6.24. The Bertz CT molecular complexity index is 658. The molecule has 0 saturated carbocycles. The third-order valence-corrected chi connectivity index (χ3v) is 3.25. The first-order valence-corrected chi connectivity index (χ1v) is 6.24. The number of carbonyl (C=O) groups is 1. The number of hydrogen-bond acceptors (Lipinski definition) is 4. The minimum atomic E-state index is -0.941. The lowest BCUT2D eigenvalue weighted by Crippen LogP contribution is -2.32. The van der Waals surface area contributed by atoms with Crippen LogP contribution in [0.25, 0.3) is 0 Å². The quantitative estimate of drug-likeness (QED) is 0.924. The summed E-state index contributed by atoms with van der Waals surface area (Å²) >= 11 is 0. The SMILES string of the molecule is CC(c1ccc(F)c(F)c1)N(C)C(=O)Cn1cnc(N)n1. The van der Waals surface area contributed by atoms with E-state index in [1.165, 1.54) is 22.0 Å². The van der Waals surface area contributed by atoms with Crippen LogP contribution in [0.3, 0.4) is 0 Å². The lowest BCUT2D eigenvalue weighted by Gasteiger charge is -2.25. The van der Waals surface area contributed by atoms with Crippen LogP contribution in [0.5, 0.6) is 0 Å². The molecule has 0 aliphatic heterocycles. The van der Waals surface area contributed by atoms with Gasteiger partial charge in [-0.3, -0.25) is 4.79 Å². The van der Waals surface area contributed by atoms with Crippen LogP contribution in [0.2, 0.25) is 0 Å². The van der Waals surface area contributed by atoms with E-state index < -0.39 is 17.7 Å². The zero-order valence-electron chi connectivity index (χ0n) is 11.6. The highest BCUT2D eigenvalue weighted by Gasteiger charge is 2.19. The molecule has 2 aromatic rings. The van der Waals surface area contributed by atoms with E-state index in [0.717, 1.165) is 12.1 Å². The fourth-order valence-corrected chi connectivity index (χ4v) is 1.85. The molecule has 0 fully saturated rings. The average Bonchev–Trinajstić information content (AvgIpc) is 2.85. The van der Waals surface area contributed by atoms with Gasteiger partial charge in [0, 0.05) is 7.05 Å². The van der Waals surface area contributed by atoms with E-state index in [0.29, 0.717) is 5.56 Å². The predicted molar refractivity (Wildman–Crippen MR) is 72.0 cm³/mol. The van der Waals surface area contributed by atoms with Gasteiger partial charge in [0.2, 0.25) is 11.9 Å². The van der Waals surface area contributed by atoms with Crippen molar-refractivity contribution in [2.75, 3.05) is 12.8 Å². The summed E-state index contributed by atoms with van der Waals surface area (Å²) in [6, 6.07) is 3.16. The third kappa shape index (κ3) is 3.33. The Morgan fingerprint density at radius 3 is 2.71 bits per heavy atom. The van der Waals surface area contributed by atoms with E-state index in [4.69, 9.17) is 5.73 Å². The topological polar surface area (TPSA) is 77.0 Å². The van der Waals surface area contributed by atoms with Crippen LogP contribution in [0, 0.1) is 11.6 Å². The molecule has 1 atom stereocenters. The molecule has 112 valence electrons. The molecule has 8 heteroatoms. The normalized spacial score (nSPS) is 12.2. The number of nitrogen functional groups attached to an aromatic ring is 1. The second-order valence-electron chi connectivity index (χ2n) is 4.65. The van der Waals surface area contributed by atoms with E-state index in [2.05, 4.69) is 10.1 Å². The molecule has 2 rings (SSSR count). The minimum absolute atomic E-state index is 0.0330. The van der Waals surface area contributed by atoms with Crippen molar-refractivity contribution in [3.05, 3.63) is 41.7 Å². The molecule has 0 saturated heterocycles. The smallest absolute Gasteiger partial charge is 0.244 e. The zero-order chi connectivity index (χ0) is 15.6. The molecule has 1 amide bonds. The molecule has 6 nitrogen and oxygen atoms in total. The summed E-state index contributed by atoms with van der Waals surface area (Å²) in [5.74, 6) is -2.03. The highest BCUT2D eigenvalue weighted by molar-refractivity contribution is 5.76. The maximum Gasteiger partial charge on any atom is 0.244 e. The highest BCUT2D eigenvalue weighted by atomic mass is 19.2. The summed E-state index contributed by atoms with van der Waals surface area (Å²) in [7, 11) is 1.58. The second kappa shape index (κ2) is 5.86. The van der Waals surface area contributed by atoms with E-state index in [1.807, 2.05) is 0 Å². The van der Waals surface area contributed by atoms with Crippen LogP contribution in [-0.2, 0) is 11.3 Å². The molecule has 21 heavy (non-hydrogen) atoms. The van der Waals surface area contributed by atoms with E-state index >= 15 is 0 Å². The molecule has 1 aromatic carbocycles. The number of halogens is 2. The van der Waals surface area contributed by atoms with Crippen molar-refractivity contribution in [1.82, 2.24) is 19.7 Å². The summed E-state index contributed by atoms with van der Waals surface area (Å²) in [5.41, 5.74) is 5.87. The first-order chi connectivity index (χ1) is 9.88. The van der Waals surface area contributed by atoms with Crippen LogP contribution >= 0.6 is 0 Å². The van der Waals surface area contributed by atoms with Gasteiger partial charge >= 0.3 is 0 Å². The number of nitrogens with two attached hydrogens (primary N) is 1. The summed E-state index contributed by atoms with van der Waals surface area (Å²) in [5, 5.41) is 3.82. The standard InChI is InChI=1S/C13H15F2N5O/c1-8(9-3-4-10(14)11(15)5-9)19(2)12(21)6-20-7-17-13(16)18-20/h3-5,7-8H,6H2,1-2H3,(H2,16,18). The maximum absolute atomic E-state index is 13.2. The van der Waals surface area contributed by atoms with E-state index in [9.17, 15) is 13.6 Å². The molecular formula is C13H15F2N5O. The number of nitrogens with zero attached hydrogens (tertiary/aromatic N) is 4. The van der Waals surface area contributed by atoms with E-state index in [1.54, 1.807) is 14.0 Å². The van der Waals surface area contributed by atoms with Crippen molar-refractivity contribution in [3.63, 3.8) is 0 Å². The van der Waals surface area contributed by atoms with Gasteiger partial charge in [-0.15, -0.1) is 5.10 Å². The lowest BCUT2D eigenvalue weighted by molar-refractivity contribution is -0.132. The monoisotopic (exact) mass is 295 g/mol. The summed E-state index contributed by atoms with van der Waals surface area (Å²) in [4.78, 5) is 17.3. The number of benzene rings is 1. The molecule has 2 N–H and O–H groups in total. The van der Waals surface area contributed by atoms with Gasteiger partial charge < -0.3 is 10.6 Å². The third-order valence-electron chi connectivity index (χ3n) is 3.25. The molecule has 0 radical (unpaired) electrons. The van der Waals surface area contributed by atoms with Crippen molar-refractivity contribution in [1.29, 1.82) is 0 Å². The van der Waals surface area contributed by atoms with Crippen molar-refractivity contribution >= 4 is 11.9 Å². The molecular weight excluding hydrogens is 280 g/mol. The van der Waals surface area contributed by atoms with Gasteiger partial charge in [0.25, 0.3) is 0 Å². The number of hydrogen-bond donors (Lipinski definition) is 1. The van der Waals surface area contributed by atoms with Crippen LogP contribution in [-0.4, -0.2) is 32.6 Å². The fourth-order valence-electron chi connectivity index (χ4n) is 1.85. The van der Waals surface area contributed by atoms with Gasteiger partial charge in [0.15, 0.2) is 11.6 Å². The van der Waals surface area contributed by atoms with Crippen LogP contribution in [0.15, 0.2) is 24.5 Å². The van der Waals surface area contributed by atoms with Gasteiger partial charge in [0.05, 0.1) is 6.04 Å². The Labute approximate surface area is 120 Å². The first kappa shape index (κ1) is 14.9. The van der Waals surface area contributed by atoms with Crippen molar-refractivity contribution < 1.29 is 13.6 Å². The van der Waals surface area contributed by atoms with Gasteiger partial charge in [-0.25, -0.2) is 18.4 Å².